The fourth-order valence-electron chi connectivity index (χ4n) is 0.967. The molecule has 0 aromatic rings. The predicted octanol–water partition coefficient (Wildman–Crippen LogP) is -0.995. The van der Waals surface area contributed by atoms with Crippen LogP contribution in [0.5, 0.6) is 0 Å². The molecule has 0 radical (unpaired) electrons. The third-order valence-corrected chi connectivity index (χ3v) is 3.31. The molecular formula is C7H11N3O4S. The number of carbonyl (C=O) groups is 2. The van der Waals surface area contributed by atoms with Crippen molar-refractivity contribution in [3.63, 3.8) is 0 Å². The normalized spacial score (nSPS) is 21.5. The molecule has 0 aliphatic carbocycles. The first-order valence-electron chi connectivity index (χ1n) is 4.35. The molecule has 15 heavy (non-hydrogen) atoms. The number of hydrogen-bond acceptors (Lipinski definition) is 4. The Morgan fingerprint density at radius 1 is 1.53 bits per heavy atom. The summed E-state index contributed by atoms with van der Waals surface area (Å²) in [5.74, 6) is -0.876. The molecule has 1 aliphatic rings. The van der Waals surface area contributed by atoms with Crippen LogP contribution in [0, 0.1) is 0 Å². The van der Waals surface area contributed by atoms with Gasteiger partial charge in [0.2, 0.25) is 10.0 Å². The fourth-order valence-corrected chi connectivity index (χ4v) is 2.20. The average Bonchev–Trinajstić information content (AvgIpc) is 2.14. The largest absolute Gasteiger partial charge is 0.347 e. The van der Waals surface area contributed by atoms with Crippen molar-refractivity contribution in [2.24, 2.45) is 4.99 Å². The van der Waals surface area contributed by atoms with Crippen LogP contribution in [0.2, 0.25) is 0 Å². The molecule has 1 rings (SSSR count). The lowest BCUT2D eigenvalue weighted by Crippen LogP contribution is -2.50. The highest BCUT2D eigenvalue weighted by Gasteiger charge is 2.34. The van der Waals surface area contributed by atoms with Crippen molar-refractivity contribution in [2.75, 3.05) is 6.54 Å². The van der Waals surface area contributed by atoms with E-state index in [1.54, 1.807) is 6.92 Å². The topological polar surface area (TPSA) is 105 Å². The number of aliphatic imine (C=N–C) groups is 1. The smallest absolute Gasteiger partial charge is 0.275 e. The van der Waals surface area contributed by atoms with Gasteiger partial charge < -0.3 is 0 Å². The fraction of sp³-hybridized carbons (Fsp3) is 0.571. The molecule has 1 aliphatic heterocycles. The van der Waals surface area contributed by atoms with E-state index in [2.05, 4.69) is 9.71 Å². The number of urea groups is 1. The van der Waals surface area contributed by atoms with Gasteiger partial charge in [-0.15, -0.1) is 0 Å². The number of imide groups is 1. The molecule has 1 heterocycles. The van der Waals surface area contributed by atoms with Crippen molar-refractivity contribution in [3.05, 3.63) is 0 Å². The lowest BCUT2D eigenvalue weighted by molar-refractivity contribution is -0.118. The van der Waals surface area contributed by atoms with E-state index in [0.717, 1.165) is 6.21 Å². The first-order chi connectivity index (χ1) is 6.97. The van der Waals surface area contributed by atoms with Crippen molar-refractivity contribution in [3.8, 4) is 0 Å². The Morgan fingerprint density at radius 2 is 2.20 bits per heavy atom. The Morgan fingerprint density at radius 3 is 2.73 bits per heavy atom. The molecule has 0 aromatic heterocycles. The summed E-state index contributed by atoms with van der Waals surface area (Å²) in [6, 6.07) is -0.845. The van der Waals surface area contributed by atoms with Crippen LogP contribution in [0.3, 0.4) is 0 Å². The van der Waals surface area contributed by atoms with Gasteiger partial charge >= 0.3 is 6.03 Å². The van der Waals surface area contributed by atoms with Gasteiger partial charge in [-0.25, -0.2) is 22.9 Å². The van der Waals surface area contributed by atoms with E-state index in [-0.39, 0.29) is 6.54 Å². The first kappa shape index (κ1) is 11.8. The quantitative estimate of drug-likeness (QED) is 0.650. The third-order valence-electron chi connectivity index (χ3n) is 1.70. The second-order valence-corrected chi connectivity index (χ2v) is 4.82. The van der Waals surface area contributed by atoms with Crippen LogP contribution in [0.4, 0.5) is 4.79 Å². The van der Waals surface area contributed by atoms with Gasteiger partial charge in [-0.3, -0.25) is 10.1 Å². The van der Waals surface area contributed by atoms with Gasteiger partial charge in [0.15, 0.2) is 5.25 Å². The Bertz CT molecular complexity index is 400. The molecule has 84 valence electrons. The van der Waals surface area contributed by atoms with Crippen LogP contribution in [-0.4, -0.2) is 38.4 Å². The van der Waals surface area contributed by atoms with Crippen LogP contribution in [0.25, 0.3) is 0 Å². The van der Waals surface area contributed by atoms with E-state index in [9.17, 15) is 18.0 Å². The minimum absolute atomic E-state index is 0.244. The summed E-state index contributed by atoms with van der Waals surface area (Å²) < 4.78 is 25.2. The van der Waals surface area contributed by atoms with Crippen LogP contribution in [0.1, 0.15) is 13.3 Å². The van der Waals surface area contributed by atoms with Crippen molar-refractivity contribution in [1.82, 2.24) is 10.0 Å². The maximum Gasteiger partial charge on any atom is 0.347 e. The summed E-state index contributed by atoms with van der Waals surface area (Å²) >= 11 is 0. The van der Waals surface area contributed by atoms with Gasteiger partial charge in [0, 0.05) is 12.8 Å². The number of carbonyl (C=O) groups excluding carboxylic acids is 2. The SMILES string of the molecule is CCCNS(=O)(=O)C1C=NC(=O)NC1=O. The van der Waals surface area contributed by atoms with Gasteiger partial charge in [0.1, 0.15) is 0 Å². The maximum atomic E-state index is 11.5. The minimum atomic E-state index is -3.78. The highest BCUT2D eigenvalue weighted by atomic mass is 32.2. The molecule has 0 saturated carbocycles. The molecule has 0 saturated heterocycles. The predicted molar refractivity (Wildman–Crippen MR) is 53.0 cm³/mol. The Kier molecular flexibility index (Phi) is 3.53. The van der Waals surface area contributed by atoms with Crippen molar-refractivity contribution in [1.29, 1.82) is 0 Å². The Labute approximate surface area is 87.0 Å². The maximum absolute atomic E-state index is 11.5. The standard InChI is InChI=1S/C7H11N3O4S/c1-2-3-9-15(13,14)5-4-8-7(12)10-6(5)11/h4-5,9H,2-3H2,1H3,(H,10,11,12). The highest BCUT2D eigenvalue weighted by Crippen LogP contribution is 2.01. The van der Waals surface area contributed by atoms with Gasteiger partial charge in [-0.05, 0) is 6.42 Å². The second kappa shape index (κ2) is 4.49. The van der Waals surface area contributed by atoms with Crippen LogP contribution < -0.4 is 10.0 Å². The second-order valence-electron chi connectivity index (χ2n) is 2.93. The van der Waals surface area contributed by atoms with Crippen LogP contribution in [0.15, 0.2) is 4.99 Å². The first-order valence-corrected chi connectivity index (χ1v) is 5.89. The van der Waals surface area contributed by atoms with E-state index >= 15 is 0 Å². The molecule has 0 bridgehead atoms. The number of amides is 3. The molecule has 0 fully saturated rings. The minimum Gasteiger partial charge on any atom is -0.275 e. The summed E-state index contributed by atoms with van der Waals surface area (Å²) in [6.07, 6.45) is 1.45. The highest BCUT2D eigenvalue weighted by molar-refractivity contribution is 7.91. The third kappa shape index (κ3) is 2.83. The number of rotatable bonds is 4. The van der Waals surface area contributed by atoms with Gasteiger partial charge in [0.25, 0.3) is 5.91 Å². The Hall–Kier alpha value is -1.28. The lowest BCUT2D eigenvalue weighted by Gasteiger charge is -2.15. The zero-order valence-corrected chi connectivity index (χ0v) is 8.87. The molecule has 3 amide bonds. The van der Waals surface area contributed by atoms with E-state index in [1.165, 1.54) is 0 Å². The lowest BCUT2D eigenvalue weighted by atomic mass is 10.4. The number of hydrogen-bond donors (Lipinski definition) is 2. The molecule has 8 heteroatoms. The summed E-state index contributed by atoms with van der Waals surface area (Å²) in [6.45, 7) is 2.04. The molecule has 2 N–H and O–H groups in total. The summed E-state index contributed by atoms with van der Waals surface area (Å²) in [7, 11) is -3.78. The summed E-state index contributed by atoms with van der Waals surface area (Å²) in [5.41, 5.74) is 0. The molecule has 0 spiro atoms. The van der Waals surface area contributed by atoms with Crippen LogP contribution in [-0.2, 0) is 14.8 Å². The van der Waals surface area contributed by atoms with Gasteiger partial charge in [-0.2, -0.15) is 0 Å². The van der Waals surface area contributed by atoms with Gasteiger partial charge in [-0.1, -0.05) is 6.92 Å². The summed E-state index contributed by atoms with van der Waals surface area (Å²) in [5, 5.41) is 0.388. The zero-order valence-electron chi connectivity index (χ0n) is 8.06. The number of nitrogens with one attached hydrogen (secondary N) is 2. The molecule has 1 atom stereocenters. The molecular weight excluding hydrogens is 222 g/mol. The van der Waals surface area contributed by atoms with Crippen molar-refractivity contribution < 1.29 is 18.0 Å². The van der Waals surface area contributed by atoms with E-state index in [4.69, 9.17) is 0 Å². The van der Waals surface area contributed by atoms with E-state index in [0.29, 0.717) is 6.42 Å². The molecule has 0 aromatic carbocycles. The molecule has 1 unspecified atom stereocenters. The monoisotopic (exact) mass is 233 g/mol. The van der Waals surface area contributed by atoms with Crippen LogP contribution >= 0.6 is 0 Å². The summed E-state index contributed by atoms with van der Waals surface area (Å²) in [4.78, 5) is 25.0. The zero-order chi connectivity index (χ0) is 11.5. The van der Waals surface area contributed by atoms with Gasteiger partial charge in [0.05, 0.1) is 0 Å². The van der Waals surface area contributed by atoms with E-state index < -0.39 is 27.2 Å². The molecule has 7 nitrogen and oxygen atoms in total. The number of nitrogens with zero attached hydrogens (tertiary/aromatic N) is 1. The van der Waals surface area contributed by atoms with Crippen molar-refractivity contribution in [2.45, 2.75) is 18.6 Å². The number of sulfonamides is 1. The average molecular weight is 233 g/mol. The van der Waals surface area contributed by atoms with E-state index in [1.807, 2.05) is 5.32 Å². The Balaban J connectivity index is 2.83. The van der Waals surface area contributed by atoms with Crippen molar-refractivity contribution >= 4 is 28.2 Å².